The van der Waals surface area contributed by atoms with Gasteiger partial charge in [0.25, 0.3) is 0 Å². The molecule has 0 heterocycles. The summed E-state index contributed by atoms with van der Waals surface area (Å²) in [5, 5.41) is 67.4. The minimum atomic E-state index is -0.512. The van der Waals surface area contributed by atoms with E-state index in [-0.39, 0.29) is 45.3 Å². The van der Waals surface area contributed by atoms with Crippen molar-refractivity contribution in [1.29, 1.82) is 0 Å². The molecule has 8 aromatic rings. The van der Waals surface area contributed by atoms with Gasteiger partial charge in [0.1, 0.15) is 34.5 Å². The molecule has 0 aromatic heterocycles. The Kier molecular flexibility index (Phi) is 9.64. The molecule has 0 spiro atoms. The van der Waals surface area contributed by atoms with Crippen LogP contribution in [0.2, 0.25) is 0 Å². The molecule has 0 radical (unpaired) electrons. The van der Waals surface area contributed by atoms with Crippen LogP contribution in [0, 0.1) is 0 Å². The molecule has 292 valence electrons. The van der Waals surface area contributed by atoms with Crippen molar-refractivity contribution >= 4 is 45.3 Å². The molecule has 0 aliphatic heterocycles. The summed E-state index contributed by atoms with van der Waals surface area (Å²) in [5.41, 5.74) is 7.33. The van der Waals surface area contributed by atoms with Gasteiger partial charge in [-0.15, -0.1) is 0 Å². The average molecular weight is 787 g/mol. The highest BCUT2D eigenvalue weighted by Gasteiger charge is 2.37. The summed E-state index contributed by atoms with van der Waals surface area (Å²) in [6.07, 6.45) is 0. The number of anilines is 6. The molecular formula is C52H38N2O6. The van der Waals surface area contributed by atoms with Crippen molar-refractivity contribution in [2.24, 2.45) is 0 Å². The highest BCUT2D eigenvalue weighted by atomic mass is 16.3. The predicted molar refractivity (Wildman–Crippen MR) is 239 cm³/mol. The Balaban J connectivity index is 0.969. The van der Waals surface area contributed by atoms with Crippen LogP contribution in [-0.4, -0.2) is 30.6 Å². The molecule has 1 aliphatic carbocycles. The summed E-state index contributed by atoms with van der Waals surface area (Å²) in [6, 6.07) is 61.0. The number of benzene rings is 8. The summed E-state index contributed by atoms with van der Waals surface area (Å²) in [5.74, 6) is -2.57. The van der Waals surface area contributed by atoms with E-state index in [4.69, 9.17) is 0 Å². The monoisotopic (exact) mass is 786 g/mol. The maximum atomic E-state index is 11.3. The Hall–Kier alpha value is -8.36. The number of phenols is 4. The van der Waals surface area contributed by atoms with Gasteiger partial charge in [0, 0.05) is 34.1 Å². The summed E-state index contributed by atoms with van der Waals surface area (Å²) < 4.78 is 0. The Morgan fingerprint density at radius 1 is 0.250 bits per heavy atom. The van der Waals surface area contributed by atoms with Crippen LogP contribution in [0.25, 0.3) is 33.4 Å². The van der Waals surface area contributed by atoms with Gasteiger partial charge in [-0.25, -0.2) is 0 Å². The van der Waals surface area contributed by atoms with E-state index in [1.165, 1.54) is 24.3 Å². The van der Waals surface area contributed by atoms with Gasteiger partial charge < -0.3 is 40.4 Å². The van der Waals surface area contributed by atoms with Crippen molar-refractivity contribution < 1.29 is 30.6 Å². The van der Waals surface area contributed by atoms with E-state index >= 15 is 0 Å². The lowest BCUT2D eigenvalue weighted by Crippen LogP contribution is -2.11. The van der Waals surface area contributed by atoms with Crippen molar-refractivity contribution in [2.75, 3.05) is 9.80 Å². The maximum Gasteiger partial charge on any atom is 0.139 e. The minimum absolute atomic E-state index is 0.191. The first-order valence-electron chi connectivity index (χ1n) is 19.3. The first kappa shape index (κ1) is 37.2. The lowest BCUT2D eigenvalue weighted by Gasteiger charge is -2.27. The molecule has 8 heteroatoms. The Bertz CT molecular complexity index is 2560. The first-order chi connectivity index (χ1) is 29.3. The fourth-order valence-corrected chi connectivity index (χ4v) is 7.76. The average Bonchev–Trinajstić information content (AvgIpc) is 3.28. The number of phenolic OH excluding ortho intramolecular Hbond substituents is 4. The number of para-hydroxylation sites is 4. The lowest BCUT2D eigenvalue weighted by atomic mass is 9.82. The van der Waals surface area contributed by atoms with Crippen LogP contribution in [0.5, 0.6) is 23.0 Å². The fourth-order valence-electron chi connectivity index (χ4n) is 7.76. The fraction of sp³-hybridized carbons (Fsp3) is 0. The molecule has 0 saturated carbocycles. The third-order valence-electron chi connectivity index (χ3n) is 10.6. The highest BCUT2D eigenvalue weighted by Crippen LogP contribution is 2.54. The summed E-state index contributed by atoms with van der Waals surface area (Å²) >= 11 is 0. The second-order valence-electron chi connectivity index (χ2n) is 14.3. The minimum Gasteiger partial charge on any atom is -0.507 e. The second kappa shape index (κ2) is 15.5. The van der Waals surface area contributed by atoms with Gasteiger partial charge in [0.15, 0.2) is 0 Å². The molecule has 9 rings (SSSR count). The molecule has 0 atom stereocenters. The van der Waals surface area contributed by atoms with Crippen molar-refractivity contribution in [3.63, 3.8) is 0 Å². The van der Waals surface area contributed by atoms with Crippen molar-refractivity contribution in [1.82, 2.24) is 0 Å². The number of rotatable bonds is 10. The van der Waals surface area contributed by atoms with E-state index in [9.17, 15) is 30.6 Å². The molecule has 6 N–H and O–H groups in total. The highest BCUT2D eigenvalue weighted by molar-refractivity contribution is 6.10. The number of aliphatic hydroxyl groups excluding tert-OH is 2. The molecule has 1 aliphatic rings. The lowest BCUT2D eigenvalue weighted by molar-refractivity contribution is 0.382. The number of aromatic hydroxyl groups is 4. The van der Waals surface area contributed by atoms with E-state index in [0.717, 1.165) is 34.1 Å². The summed E-state index contributed by atoms with van der Waals surface area (Å²) in [6.45, 7) is 0. The number of aliphatic hydroxyl groups is 2. The Morgan fingerprint density at radius 2 is 0.483 bits per heavy atom. The molecule has 0 bridgehead atoms. The van der Waals surface area contributed by atoms with Gasteiger partial charge >= 0.3 is 0 Å². The molecule has 8 aromatic carbocycles. The van der Waals surface area contributed by atoms with Crippen LogP contribution < -0.4 is 9.80 Å². The van der Waals surface area contributed by atoms with Gasteiger partial charge in [-0.3, -0.25) is 0 Å². The van der Waals surface area contributed by atoms with Gasteiger partial charge in [0.2, 0.25) is 0 Å². The van der Waals surface area contributed by atoms with Gasteiger partial charge in [0.05, 0.1) is 22.3 Å². The van der Waals surface area contributed by atoms with Crippen molar-refractivity contribution in [3.8, 4) is 45.3 Å². The normalized spacial score (nSPS) is 12.3. The summed E-state index contributed by atoms with van der Waals surface area (Å²) in [4.78, 5) is 4.24. The topological polar surface area (TPSA) is 128 Å². The number of allylic oxidation sites excluding steroid dienone is 2. The number of hydrogen-bond acceptors (Lipinski definition) is 8. The van der Waals surface area contributed by atoms with E-state index in [0.29, 0.717) is 22.3 Å². The molecule has 0 fully saturated rings. The van der Waals surface area contributed by atoms with Crippen LogP contribution in [0.3, 0.4) is 0 Å². The standard InChI is InChI=1S/C52H38N2O6/c55-43-29-35(33-21-25-41(26-22-33)53(37-13-5-1-6-14-37)38-15-7-2-8-16-38)30-44(56)47(43)49-51(59)50(52(49)60)48-45(57)31-36(32-46(48)58)34-23-27-42(28-24-34)54(39-17-9-3-10-18-39)40-19-11-4-12-20-40/h1-32,55-60H. The Morgan fingerprint density at radius 3 is 0.733 bits per heavy atom. The molecule has 0 saturated heterocycles. The third kappa shape index (κ3) is 6.78. The molecule has 8 nitrogen and oxygen atoms in total. The zero-order valence-electron chi connectivity index (χ0n) is 32.1. The van der Waals surface area contributed by atoms with Gasteiger partial charge in [-0.2, -0.15) is 0 Å². The van der Waals surface area contributed by atoms with Crippen LogP contribution in [0.4, 0.5) is 34.1 Å². The van der Waals surface area contributed by atoms with Crippen molar-refractivity contribution in [3.05, 3.63) is 217 Å². The number of nitrogens with zero attached hydrogens (tertiary/aromatic N) is 2. The smallest absolute Gasteiger partial charge is 0.139 e. The second-order valence-corrected chi connectivity index (χ2v) is 14.3. The molecule has 0 unspecified atom stereocenters. The first-order valence-corrected chi connectivity index (χ1v) is 19.3. The third-order valence-corrected chi connectivity index (χ3v) is 10.6. The Labute approximate surface area is 346 Å². The molecular weight excluding hydrogens is 749 g/mol. The molecule has 0 amide bonds. The van der Waals surface area contributed by atoms with Crippen LogP contribution >= 0.6 is 0 Å². The van der Waals surface area contributed by atoms with Gasteiger partial charge in [-0.05, 0) is 119 Å². The zero-order chi connectivity index (χ0) is 41.3. The van der Waals surface area contributed by atoms with Crippen molar-refractivity contribution in [2.45, 2.75) is 0 Å². The quantitative estimate of drug-likeness (QED) is 0.0809. The largest absolute Gasteiger partial charge is 0.507 e. The van der Waals surface area contributed by atoms with Gasteiger partial charge in [-0.1, -0.05) is 97.1 Å². The van der Waals surface area contributed by atoms with Crippen LogP contribution in [0.1, 0.15) is 11.1 Å². The van der Waals surface area contributed by atoms with E-state index < -0.39 is 11.5 Å². The zero-order valence-corrected chi connectivity index (χ0v) is 32.1. The van der Waals surface area contributed by atoms with E-state index in [2.05, 4.69) is 9.80 Å². The van der Waals surface area contributed by atoms with E-state index in [1.807, 2.05) is 170 Å². The number of hydrogen-bond donors (Lipinski definition) is 6. The van der Waals surface area contributed by atoms with Crippen LogP contribution in [-0.2, 0) is 0 Å². The van der Waals surface area contributed by atoms with Crippen LogP contribution in [0.15, 0.2) is 206 Å². The molecule has 60 heavy (non-hydrogen) atoms. The van der Waals surface area contributed by atoms with E-state index in [1.54, 1.807) is 0 Å². The maximum absolute atomic E-state index is 11.3. The SMILES string of the molecule is OC1=C(c2c(O)cc(-c3ccc(N(c4ccccc4)c4ccccc4)cc3)cc2O)C(O)=C1c1c(O)cc(-c2ccc(N(c3ccccc3)c3ccccc3)cc2)cc1O. The predicted octanol–water partition coefficient (Wildman–Crippen LogP) is 13.0. The summed E-state index contributed by atoms with van der Waals surface area (Å²) in [7, 11) is 0.